The van der Waals surface area contributed by atoms with E-state index in [0.717, 1.165) is 29.9 Å². The van der Waals surface area contributed by atoms with Gasteiger partial charge in [0.25, 0.3) is 0 Å². The van der Waals surface area contributed by atoms with Gasteiger partial charge in [0.05, 0.1) is 20.3 Å². The Morgan fingerprint density at radius 2 is 2.07 bits per heavy atom. The van der Waals surface area contributed by atoms with Crippen LogP contribution in [0.3, 0.4) is 0 Å². The highest BCUT2D eigenvalue weighted by molar-refractivity contribution is 5.76. The quantitative estimate of drug-likeness (QED) is 0.826. The van der Waals surface area contributed by atoms with Crippen LogP contribution in [0.5, 0.6) is 11.5 Å². The summed E-state index contributed by atoms with van der Waals surface area (Å²) in [5, 5.41) is 3.41. The first-order valence-electron chi connectivity index (χ1n) is 10.5. The Hall–Kier alpha value is -1.75. The summed E-state index contributed by atoms with van der Waals surface area (Å²) >= 11 is 0. The van der Waals surface area contributed by atoms with E-state index in [1.165, 1.54) is 6.42 Å². The number of rotatable bonds is 5. The lowest BCUT2D eigenvalue weighted by molar-refractivity contribution is -0.137. The first kappa shape index (κ1) is 19.6. The van der Waals surface area contributed by atoms with Gasteiger partial charge in [-0.3, -0.25) is 4.79 Å². The van der Waals surface area contributed by atoms with Gasteiger partial charge in [-0.1, -0.05) is 32.9 Å². The molecule has 5 atom stereocenters. The van der Waals surface area contributed by atoms with Crippen LogP contribution in [0.25, 0.3) is 0 Å². The average Bonchev–Trinajstić information content (AvgIpc) is 3.19. The molecular weight excluding hydrogens is 354 g/mol. The van der Waals surface area contributed by atoms with E-state index in [1.54, 1.807) is 14.2 Å². The molecule has 4 rings (SSSR count). The lowest BCUT2D eigenvalue weighted by atomic mass is 9.58. The number of amides is 1. The van der Waals surface area contributed by atoms with Gasteiger partial charge < -0.3 is 19.5 Å². The number of nitrogens with one attached hydrogen (secondary N) is 1. The van der Waals surface area contributed by atoms with E-state index in [-0.39, 0.29) is 28.9 Å². The minimum atomic E-state index is -0.0269. The lowest BCUT2D eigenvalue weighted by Crippen LogP contribution is -2.58. The minimum absolute atomic E-state index is 0.0269. The molecule has 1 aliphatic heterocycles. The normalized spacial score (nSPS) is 35.3. The monoisotopic (exact) mass is 387 g/mol. The van der Waals surface area contributed by atoms with Crippen LogP contribution < -0.4 is 14.8 Å². The molecule has 28 heavy (non-hydrogen) atoms. The lowest BCUT2D eigenvalue weighted by Gasteiger charge is -2.53. The van der Waals surface area contributed by atoms with Crippen molar-refractivity contribution in [1.82, 2.24) is 5.32 Å². The fraction of sp³-hybridized carbons (Fsp3) is 0.696. The predicted octanol–water partition coefficient (Wildman–Crippen LogP) is 4.11. The van der Waals surface area contributed by atoms with Crippen LogP contribution in [0.1, 0.15) is 58.1 Å². The van der Waals surface area contributed by atoms with Crippen molar-refractivity contribution in [2.45, 2.75) is 58.6 Å². The van der Waals surface area contributed by atoms with Gasteiger partial charge >= 0.3 is 0 Å². The molecule has 5 heteroatoms. The maximum atomic E-state index is 12.4. The number of methoxy groups -OCH3 is 2. The summed E-state index contributed by atoms with van der Waals surface area (Å²) in [4.78, 5) is 12.4. The standard InChI is InChI=1S/C23H33NO4/c1-6-18(25)24-21-22(2,3)14-12-16-19(28-11-10-23(16,21)13-14)15-8-7-9-17(26-4)20(15)27-5/h7-9,14,16,19,21H,6,10-13H2,1-5H3,(H,24,25)/t14-,16-,19-,21-,23?/m1/s1. The number of para-hydroxylation sites is 1. The van der Waals surface area contributed by atoms with Gasteiger partial charge in [0.1, 0.15) is 0 Å². The second kappa shape index (κ2) is 6.94. The summed E-state index contributed by atoms with van der Waals surface area (Å²) in [6, 6.07) is 6.23. The molecule has 1 heterocycles. The fourth-order valence-electron chi connectivity index (χ4n) is 6.49. The smallest absolute Gasteiger partial charge is 0.219 e. The van der Waals surface area contributed by atoms with Crippen molar-refractivity contribution >= 4 is 5.91 Å². The Kier molecular flexibility index (Phi) is 4.85. The summed E-state index contributed by atoms with van der Waals surface area (Å²) in [6.07, 6.45) is 3.82. The van der Waals surface area contributed by atoms with Crippen molar-refractivity contribution < 1.29 is 19.0 Å². The number of ether oxygens (including phenoxy) is 3. The van der Waals surface area contributed by atoms with E-state index in [1.807, 2.05) is 19.1 Å². The van der Waals surface area contributed by atoms with Crippen molar-refractivity contribution in [2.24, 2.45) is 22.7 Å². The van der Waals surface area contributed by atoms with Gasteiger partial charge in [-0.2, -0.15) is 0 Å². The third-order valence-electron chi connectivity index (χ3n) is 7.87. The van der Waals surface area contributed by atoms with Crippen molar-refractivity contribution in [3.8, 4) is 11.5 Å². The first-order chi connectivity index (χ1) is 13.4. The molecule has 5 nitrogen and oxygen atoms in total. The molecule has 3 aliphatic rings. The van der Waals surface area contributed by atoms with Gasteiger partial charge in [-0.05, 0) is 48.0 Å². The van der Waals surface area contributed by atoms with E-state index < -0.39 is 0 Å². The van der Waals surface area contributed by atoms with E-state index in [2.05, 4.69) is 25.2 Å². The van der Waals surface area contributed by atoms with E-state index >= 15 is 0 Å². The molecule has 2 aliphatic carbocycles. The molecule has 2 bridgehead atoms. The Morgan fingerprint density at radius 1 is 1.29 bits per heavy atom. The molecule has 3 fully saturated rings. The Bertz CT molecular complexity index is 761. The van der Waals surface area contributed by atoms with Crippen molar-refractivity contribution in [3.63, 3.8) is 0 Å². The van der Waals surface area contributed by atoms with Crippen molar-refractivity contribution in [3.05, 3.63) is 23.8 Å². The number of hydrogen-bond donors (Lipinski definition) is 1. The molecule has 1 N–H and O–H groups in total. The summed E-state index contributed by atoms with van der Waals surface area (Å²) in [6.45, 7) is 7.31. The van der Waals surface area contributed by atoms with E-state index in [9.17, 15) is 4.79 Å². The minimum Gasteiger partial charge on any atom is -0.493 e. The molecule has 0 aromatic heterocycles. The predicted molar refractivity (Wildman–Crippen MR) is 108 cm³/mol. The molecule has 1 spiro atoms. The Labute approximate surface area is 168 Å². The number of fused-ring (bicyclic) bond motifs is 1. The topological polar surface area (TPSA) is 56.8 Å². The molecular formula is C23H33NO4. The second-order valence-corrected chi connectivity index (χ2v) is 9.28. The van der Waals surface area contributed by atoms with Crippen molar-refractivity contribution in [1.29, 1.82) is 0 Å². The van der Waals surface area contributed by atoms with E-state index in [0.29, 0.717) is 24.9 Å². The fourth-order valence-corrected chi connectivity index (χ4v) is 6.49. The number of carbonyl (C=O) groups excluding carboxylic acids is 1. The molecule has 1 saturated heterocycles. The van der Waals surface area contributed by atoms with Crippen LogP contribution in [-0.2, 0) is 9.53 Å². The van der Waals surface area contributed by atoms with Crippen molar-refractivity contribution in [2.75, 3.05) is 20.8 Å². The van der Waals surface area contributed by atoms with Crippen LogP contribution in [0.4, 0.5) is 0 Å². The van der Waals surface area contributed by atoms with Crippen LogP contribution in [0.15, 0.2) is 18.2 Å². The van der Waals surface area contributed by atoms with Gasteiger partial charge in [0.15, 0.2) is 11.5 Å². The molecule has 1 aromatic rings. The van der Waals surface area contributed by atoms with Crippen LogP contribution in [-0.4, -0.2) is 32.8 Å². The van der Waals surface area contributed by atoms with Crippen LogP contribution >= 0.6 is 0 Å². The highest BCUT2D eigenvalue weighted by Crippen LogP contribution is 2.71. The summed E-state index contributed by atoms with van der Waals surface area (Å²) in [5.74, 6) is 2.63. The summed E-state index contributed by atoms with van der Waals surface area (Å²) < 4.78 is 17.6. The molecule has 1 aromatic carbocycles. The first-order valence-corrected chi connectivity index (χ1v) is 10.5. The van der Waals surface area contributed by atoms with Crippen LogP contribution in [0, 0.1) is 22.7 Å². The largest absolute Gasteiger partial charge is 0.493 e. The zero-order valence-corrected chi connectivity index (χ0v) is 17.7. The van der Waals surface area contributed by atoms with Gasteiger partial charge in [-0.15, -0.1) is 0 Å². The molecule has 154 valence electrons. The molecule has 2 saturated carbocycles. The highest BCUT2D eigenvalue weighted by Gasteiger charge is 2.68. The number of carbonyl (C=O) groups is 1. The number of benzene rings is 1. The highest BCUT2D eigenvalue weighted by atomic mass is 16.5. The molecule has 1 unspecified atom stereocenters. The molecule has 0 radical (unpaired) electrons. The number of hydrogen-bond acceptors (Lipinski definition) is 4. The maximum absolute atomic E-state index is 12.4. The SMILES string of the molecule is CCC(=O)N[C@@H]1C(C)(C)[C@@H]2C[C@@H]3[C@@H](c4cccc(OC)c4OC)OCCC31C2. The van der Waals surface area contributed by atoms with Gasteiger partial charge in [-0.25, -0.2) is 0 Å². The van der Waals surface area contributed by atoms with Gasteiger partial charge in [0.2, 0.25) is 5.91 Å². The Morgan fingerprint density at radius 3 is 2.75 bits per heavy atom. The van der Waals surface area contributed by atoms with Gasteiger partial charge in [0, 0.05) is 24.6 Å². The maximum Gasteiger partial charge on any atom is 0.219 e. The molecule has 1 amide bonds. The van der Waals surface area contributed by atoms with E-state index in [4.69, 9.17) is 14.2 Å². The third-order valence-corrected chi connectivity index (χ3v) is 7.87. The summed E-state index contributed by atoms with van der Waals surface area (Å²) in [5.41, 5.74) is 1.27. The average molecular weight is 388 g/mol. The zero-order valence-electron chi connectivity index (χ0n) is 17.7. The second-order valence-electron chi connectivity index (χ2n) is 9.28. The van der Waals surface area contributed by atoms with Crippen LogP contribution in [0.2, 0.25) is 0 Å². The zero-order chi connectivity index (χ0) is 20.1. The third kappa shape index (κ3) is 2.66. The summed E-state index contributed by atoms with van der Waals surface area (Å²) in [7, 11) is 3.36. The Balaban J connectivity index is 1.74.